The quantitative estimate of drug-likeness (QED) is 0.772. The summed E-state index contributed by atoms with van der Waals surface area (Å²) in [7, 11) is 0. The van der Waals surface area contributed by atoms with E-state index in [0.29, 0.717) is 11.7 Å². The van der Waals surface area contributed by atoms with E-state index in [4.69, 9.17) is 0 Å². The van der Waals surface area contributed by atoms with E-state index < -0.39 is 5.97 Å². The van der Waals surface area contributed by atoms with E-state index in [0.717, 1.165) is 31.2 Å². The van der Waals surface area contributed by atoms with E-state index in [1.165, 1.54) is 24.8 Å². The Balaban J connectivity index is 2.05. The third-order valence-electron chi connectivity index (χ3n) is 5.59. The van der Waals surface area contributed by atoms with Crippen molar-refractivity contribution in [2.45, 2.75) is 71.1 Å². The fourth-order valence-electron chi connectivity index (χ4n) is 3.83. The molecule has 1 atom stereocenters. The van der Waals surface area contributed by atoms with E-state index in [9.17, 15) is 15.0 Å². The van der Waals surface area contributed by atoms with Crippen molar-refractivity contribution in [3.8, 4) is 5.75 Å². The van der Waals surface area contributed by atoms with Gasteiger partial charge in [0.05, 0.1) is 5.92 Å². The van der Waals surface area contributed by atoms with Gasteiger partial charge in [0.2, 0.25) is 0 Å². The third kappa shape index (κ3) is 4.49. The molecule has 1 aliphatic rings. The molecule has 1 aromatic rings. The number of hydrogen-bond acceptors (Lipinski definition) is 2. The standard InChI is InChI=1S/C20H30O3/c1-14-13-16(9-10-18(14)21)20(2,3)12-11-17(19(22)23)15-7-5-4-6-8-15/h9-10,13,15,17,21H,4-8,11-12H2,1-3H3,(H,22,23). The number of rotatable bonds is 6. The van der Waals surface area contributed by atoms with Gasteiger partial charge in [-0.3, -0.25) is 4.79 Å². The minimum atomic E-state index is -0.630. The second-order valence-electron chi connectivity index (χ2n) is 7.77. The van der Waals surface area contributed by atoms with Gasteiger partial charge in [-0.2, -0.15) is 0 Å². The minimum Gasteiger partial charge on any atom is -0.508 e. The molecule has 0 aromatic heterocycles. The molecule has 1 aromatic carbocycles. The van der Waals surface area contributed by atoms with E-state index in [-0.39, 0.29) is 11.3 Å². The highest BCUT2D eigenvalue weighted by Crippen LogP contribution is 2.37. The number of aliphatic carboxylic acids is 1. The Bertz CT molecular complexity index is 542. The number of carbonyl (C=O) groups is 1. The monoisotopic (exact) mass is 318 g/mol. The number of benzene rings is 1. The molecular weight excluding hydrogens is 288 g/mol. The van der Waals surface area contributed by atoms with Gasteiger partial charge in [-0.15, -0.1) is 0 Å². The molecule has 0 aliphatic heterocycles. The van der Waals surface area contributed by atoms with Gasteiger partial charge < -0.3 is 10.2 Å². The molecular formula is C20H30O3. The number of carboxylic acids is 1. The molecule has 1 saturated carbocycles. The van der Waals surface area contributed by atoms with E-state index in [2.05, 4.69) is 13.8 Å². The van der Waals surface area contributed by atoms with Crippen LogP contribution in [-0.4, -0.2) is 16.2 Å². The summed E-state index contributed by atoms with van der Waals surface area (Å²) in [5.74, 6) is -0.184. The van der Waals surface area contributed by atoms with Crippen molar-refractivity contribution in [2.75, 3.05) is 0 Å². The van der Waals surface area contributed by atoms with Gasteiger partial charge in [-0.25, -0.2) is 0 Å². The molecule has 3 heteroatoms. The Kier molecular flexibility index (Phi) is 5.72. The van der Waals surface area contributed by atoms with Crippen LogP contribution in [0.25, 0.3) is 0 Å². The molecule has 2 N–H and O–H groups in total. The summed E-state index contributed by atoms with van der Waals surface area (Å²) in [6.07, 6.45) is 7.31. The van der Waals surface area contributed by atoms with Crippen molar-refractivity contribution in [1.29, 1.82) is 0 Å². The summed E-state index contributed by atoms with van der Waals surface area (Å²) in [5.41, 5.74) is 1.96. The van der Waals surface area contributed by atoms with Gasteiger partial charge in [-0.1, -0.05) is 45.2 Å². The lowest BCUT2D eigenvalue weighted by Crippen LogP contribution is -2.28. The molecule has 0 amide bonds. The van der Waals surface area contributed by atoms with Crippen LogP contribution in [0.15, 0.2) is 18.2 Å². The Morgan fingerprint density at radius 2 is 1.91 bits per heavy atom. The molecule has 0 saturated heterocycles. The van der Waals surface area contributed by atoms with Crippen molar-refractivity contribution < 1.29 is 15.0 Å². The average Bonchev–Trinajstić information content (AvgIpc) is 2.50. The van der Waals surface area contributed by atoms with Crippen molar-refractivity contribution in [3.63, 3.8) is 0 Å². The van der Waals surface area contributed by atoms with Crippen molar-refractivity contribution in [3.05, 3.63) is 29.3 Å². The molecule has 23 heavy (non-hydrogen) atoms. The maximum atomic E-state index is 11.7. The largest absolute Gasteiger partial charge is 0.508 e. The fraction of sp³-hybridized carbons (Fsp3) is 0.650. The van der Waals surface area contributed by atoms with Crippen LogP contribution in [0, 0.1) is 18.8 Å². The molecule has 0 spiro atoms. The van der Waals surface area contributed by atoms with Gasteiger partial charge in [0.25, 0.3) is 0 Å². The van der Waals surface area contributed by atoms with Gasteiger partial charge in [0, 0.05) is 0 Å². The number of aryl methyl sites for hydroxylation is 1. The summed E-state index contributed by atoms with van der Waals surface area (Å²) in [6.45, 7) is 6.23. The first kappa shape index (κ1) is 17.8. The number of aromatic hydroxyl groups is 1. The van der Waals surface area contributed by atoms with Crippen molar-refractivity contribution in [2.24, 2.45) is 11.8 Å². The van der Waals surface area contributed by atoms with Crippen LogP contribution in [-0.2, 0) is 10.2 Å². The predicted molar refractivity (Wildman–Crippen MR) is 92.8 cm³/mol. The van der Waals surface area contributed by atoms with Crippen LogP contribution in [0.2, 0.25) is 0 Å². The molecule has 0 heterocycles. The van der Waals surface area contributed by atoms with Gasteiger partial charge in [0.1, 0.15) is 5.75 Å². The Morgan fingerprint density at radius 3 is 2.48 bits per heavy atom. The number of hydrogen-bond donors (Lipinski definition) is 2. The van der Waals surface area contributed by atoms with Crippen LogP contribution in [0.5, 0.6) is 5.75 Å². The van der Waals surface area contributed by atoms with Gasteiger partial charge in [-0.05, 0) is 61.1 Å². The zero-order valence-corrected chi connectivity index (χ0v) is 14.6. The first-order valence-corrected chi connectivity index (χ1v) is 8.84. The molecule has 2 rings (SSSR count). The molecule has 3 nitrogen and oxygen atoms in total. The van der Waals surface area contributed by atoms with Crippen LogP contribution in [0.1, 0.15) is 69.9 Å². The maximum Gasteiger partial charge on any atom is 0.306 e. The van der Waals surface area contributed by atoms with Gasteiger partial charge in [0.15, 0.2) is 0 Å². The molecule has 1 unspecified atom stereocenters. The minimum absolute atomic E-state index is 0.0825. The second-order valence-corrected chi connectivity index (χ2v) is 7.77. The zero-order valence-electron chi connectivity index (χ0n) is 14.6. The number of carboxylic acid groups (broad SMARTS) is 1. The number of phenolic OH excluding ortho intramolecular Hbond substituents is 1. The van der Waals surface area contributed by atoms with E-state index in [1.54, 1.807) is 6.07 Å². The Morgan fingerprint density at radius 1 is 1.26 bits per heavy atom. The van der Waals surface area contributed by atoms with Crippen LogP contribution in [0.3, 0.4) is 0 Å². The summed E-state index contributed by atoms with van der Waals surface area (Å²) < 4.78 is 0. The lowest BCUT2D eigenvalue weighted by molar-refractivity contribution is -0.144. The van der Waals surface area contributed by atoms with Crippen LogP contribution >= 0.6 is 0 Å². The first-order valence-electron chi connectivity index (χ1n) is 8.84. The lowest BCUT2D eigenvalue weighted by Gasteiger charge is -2.31. The fourth-order valence-corrected chi connectivity index (χ4v) is 3.83. The van der Waals surface area contributed by atoms with Crippen molar-refractivity contribution >= 4 is 5.97 Å². The zero-order chi connectivity index (χ0) is 17.0. The predicted octanol–water partition coefficient (Wildman–Crippen LogP) is 5.04. The van der Waals surface area contributed by atoms with E-state index >= 15 is 0 Å². The number of phenols is 1. The van der Waals surface area contributed by atoms with Gasteiger partial charge >= 0.3 is 5.97 Å². The second kappa shape index (κ2) is 7.37. The molecule has 0 bridgehead atoms. The summed E-state index contributed by atoms with van der Waals surface area (Å²) in [6, 6.07) is 5.71. The normalized spacial score (nSPS) is 17.9. The summed E-state index contributed by atoms with van der Waals surface area (Å²) in [4.78, 5) is 11.7. The van der Waals surface area contributed by atoms with Crippen molar-refractivity contribution in [1.82, 2.24) is 0 Å². The topological polar surface area (TPSA) is 57.5 Å². The molecule has 0 radical (unpaired) electrons. The highest BCUT2D eigenvalue weighted by Gasteiger charge is 2.31. The third-order valence-corrected chi connectivity index (χ3v) is 5.59. The Hall–Kier alpha value is -1.51. The van der Waals surface area contributed by atoms with Crippen LogP contribution in [0.4, 0.5) is 0 Å². The molecule has 1 aliphatic carbocycles. The lowest BCUT2D eigenvalue weighted by atomic mass is 9.73. The van der Waals surface area contributed by atoms with Crippen LogP contribution < -0.4 is 0 Å². The maximum absolute atomic E-state index is 11.7. The summed E-state index contributed by atoms with van der Waals surface area (Å²) in [5, 5.41) is 19.3. The Labute approximate surface area is 139 Å². The molecule has 1 fully saturated rings. The smallest absolute Gasteiger partial charge is 0.306 e. The summed E-state index contributed by atoms with van der Waals surface area (Å²) >= 11 is 0. The molecule has 128 valence electrons. The highest BCUT2D eigenvalue weighted by atomic mass is 16.4. The highest BCUT2D eigenvalue weighted by molar-refractivity contribution is 5.70. The SMILES string of the molecule is Cc1cc(C(C)(C)CCC(C(=O)O)C2CCCCC2)ccc1O. The van der Waals surface area contributed by atoms with E-state index in [1.807, 2.05) is 19.1 Å². The average molecular weight is 318 g/mol. The first-order chi connectivity index (χ1) is 10.8.